The lowest BCUT2D eigenvalue weighted by molar-refractivity contribution is 0.0605. The third-order valence-corrected chi connectivity index (χ3v) is 5.97. The number of piperidine rings is 2. The van der Waals surface area contributed by atoms with E-state index < -0.39 is 0 Å². The number of aromatic nitrogens is 1. The Bertz CT molecular complexity index is 804. The molecule has 0 radical (unpaired) electrons. The lowest BCUT2D eigenvalue weighted by atomic mass is 9.80. The number of benzene rings is 1. The molecule has 2 aliphatic rings. The molecule has 2 saturated heterocycles. The summed E-state index contributed by atoms with van der Waals surface area (Å²) >= 11 is 0. The van der Waals surface area contributed by atoms with E-state index in [1.807, 2.05) is 4.90 Å². The molecule has 2 aromatic rings. The lowest BCUT2D eigenvalue weighted by Crippen LogP contribution is -2.44. The molecule has 4 nitrogen and oxygen atoms in total. The lowest BCUT2D eigenvalue weighted by Gasteiger charge is -2.38. The van der Waals surface area contributed by atoms with Crippen LogP contribution in [0, 0.1) is 17.7 Å². The Morgan fingerprint density at radius 3 is 2.74 bits per heavy atom. The Morgan fingerprint density at radius 2 is 1.93 bits per heavy atom. The predicted octanol–water partition coefficient (Wildman–Crippen LogP) is 3.74. The molecule has 2 aliphatic heterocycles. The Hall–Kier alpha value is -2.27. The molecular formula is C22H26FN3O. The molecule has 3 heterocycles. The smallest absolute Gasteiger partial charge is 0.255 e. The second kappa shape index (κ2) is 8.17. The molecule has 1 N–H and O–H groups in total. The number of carbonyl (C=O) groups excluding carboxylic acids is 1. The maximum Gasteiger partial charge on any atom is 0.255 e. The van der Waals surface area contributed by atoms with Gasteiger partial charge in [0.2, 0.25) is 0 Å². The molecule has 1 aromatic heterocycles. The van der Waals surface area contributed by atoms with Crippen molar-refractivity contribution in [3.05, 3.63) is 54.1 Å². The van der Waals surface area contributed by atoms with Crippen LogP contribution in [0.3, 0.4) is 0 Å². The topological polar surface area (TPSA) is 45.2 Å². The first-order valence-electron chi connectivity index (χ1n) is 9.92. The minimum atomic E-state index is -0.298. The summed E-state index contributed by atoms with van der Waals surface area (Å²) in [6, 6.07) is 8.37. The minimum Gasteiger partial charge on any atom is -0.338 e. The summed E-state index contributed by atoms with van der Waals surface area (Å²) < 4.78 is 14.1. The SMILES string of the molecule is O=C(c1cncc(-c2ccccc2F)c1)N1CCCC(C2CCNCC2)C1. The standard InChI is InChI=1S/C22H26FN3O/c23-21-6-2-1-5-20(21)18-12-19(14-25-13-18)22(27)26-11-3-4-17(15-26)16-7-9-24-10-8-16/h1-2,5-6,12-14,16-17,24H,3-4,7-11,15H2. The predicted molar refractivity (Wildman–Crippen MR) is 104 cm³/mol. The summed E-state index contributed by atoms with van der Waals surface area (Å²) in [5.74, 6) is 1.02. The summed E-state index contributed by atoms with van der Waals surface area (Å²) in [5, 5.41) is 3.42. The van der Waals surface area contributed by atoms with Crippen LogP contribution in [-0.4, -0.2) is 42.0 Å². The summed E-state index contributed by atoms with van der Waals surface area (Å²) in [6.45, 7) is 3.80. The first kappa shape index (κ1) is 18.1. The van der Waals surface area contributed by atoms with Gasteiger partial charge in [0.1, 0.15) is 5.82 Å². The third-order valence-electron chi connectivity index (χ3n) is 5.97. The van der Waals surface area contributed by atoms with Gasteiger partial charge in [0.25, 0.3) is 5.91 Å². The van der Waals surface area contributed by atoms with Crippen molar-refractivity contribution in [3.63, 3.8) is 0 Å². The highest BCUT2D eigenvalue weighted by atomic mass is 19.1. The van der Waals surface area contributed by atoms with Crippen LogP contribution in [0.1, 0.15) is 36.0 Å². The Morgan fingerprint density at radius 1 is 1.11 bits per heavy atom. The molecule has 0 spiro atoms. The number of amides is 1. The van der Waals surface area contributed by atoms with Crippen LogP contribution < -0.4 is 5.32 Å². The minimum absolute atomic E-state index is 0.0133. The second-order valence-corrected chi connectivity index (χ2v) is 7.68. The van der Waals surface area contributed by atoms with Gasteiger partial charge in [-0.05, 0) is 62.7 Å². The molecule has 142 valence electrons. The van der Waals surface area contributed by atoms with Gasteiger partial charge in [0, 0.05) is 36.6 Å². The number of nitrogens with zero attached hydrogens (tertiary/aromatic N) is 2. The van der Waals surface area contributed by atoms with E-state index in [4.69, 9.17) is 0 Å². The number of carbonyl (C=O) groups is 1. The van der Waals surface area contributed by atoms with Crippen LogP contribution in [0.5, 0.6) is 0 Å². The van der Waals surface area contributed by atoms with Crippen LogP contribution >= 0.6 is 0 Å². The maximum absolute atomic E-state index is 14.1. The van der Waals surface area contributed by atoms with Crippen LogP contribution in [0.2, 0.25) is 0 Å². The van der Waals surface area contributed by atoms with Crippen molar-refractivity contribution < 1.29 is 9.18 Å². The van der Waals surface area contributed by atoms with E-state index in [9.17, 15) is 9.18 Å². The zero-order chi connectivity index (χ0) is 18.6. The highest BCUT2D eigenvalue weighted by molar-refractivity contribution is 5.95. The van der Waals surface area contributed by atoms with Crippen LogP contribution in [-0.2, 0) is 0 Å². The van der Waals surface area contributed by atoms with E-state index >= 15 is 0 Å². The van der Waals surface area contributed by atoms with Gasteiger partial charge in [-0.3, -0.25) is 9.78 Å². The average molecular weight is 367 g/mol. The van der Waals surface area contributed by atoms with Crippen molar-refractivity contribution in [3.8, 4) is 11.1 Å². The van der Waals surface area contributed by atoms with E-state index in [1.165, 1.54) is 25.3 Å². The van der Waals surface area contributed by atoms with Crippen LogP contribution in [0.4, 0.5) is 4.39 Å². The first-order valence-corrected chi connectivity index (χ1v) is 9.92. The molecule has 1 atom stereocenters. The third kappa shape index (κ3) is 4.03. The van der Waals surface area contributed by atoms with Crippen molar-refractivity contribution in [1.82, 2.24) is 15.2 Å². The normalized spacial score (nSPS) is 21.2. The zero-order valence-corrected chi connectivity index (χ0v) is 15.5. The van der Waals surface area contributed by atoms with Crippen molar-refractivity contribution in [2.24, 2.45) is 11.8 Å². The first-order chi connectivity index (χ1) is 13.2. The fourth-order valence-electron chi connectivity index (χ4n) is 4.48. The molecule has 0 aliphatic carbocycles. The maximum atomic E-state index is 14.1. The summed E-state index contributed by atoms with van der Waals surface area (Å²) in [4.78, 5) is 19.3. The molecule has 1 unspecified atom stereocenters. The molecule has 1 amide bonds. The number of likely N-dealkylation sites (tertiary alicyclic amines) is 1. The molecule has 5 heteroatoms. The van der Waals surface area contributed by atoms with E-state index in [1.54, 1.807) is 36.7 Å². The van der Waals surface area contributed by atoms with Crippen LogP contribution in [0.15, 0.2) is 42.7 Å². The van der Waals surface area contributed by atoms with Gasteiger partial charge in [0.15, 0.2) is 0 Å². The Labute approximate surface area is 159 Å². The van der Waals surface area contributed by atoms with E-state index in [0.29, 0.717) is 28.5 Å². The fourth-order valence-corrected chi connectivity index (χ4v) is 4.48. The number of halogens is 1. The summed E-state index contributed by atoms with van der Waals surface area (Å²) in [7, 11) is 0. The Balaban J connectivity index is 1.50. The second-order valence-electron chi connectivity index (χ2n) is 7.68. The average Bonchev–Trinajstić information content (AvgIpc) is 2.74. The van der Waals surface area contributed by atoms with E-state index in [0.717, 1.165) is 32.6 Å². The van der Waals surface area contributed by atoms with Crippen molar-refractivity contribution in [2.75, 3.05) is 26.2 Å². The molecule has 0 bridgehead atoms. The highest BCUT2D eigenvalue weighted by Crippen LogP contribution is 2.31. The molecule has 0 saturated carbocycles. The molecule has 4 rings (SSSR count). The molecule has 1 aromatic carbocycles. The monoisotopic (exact) mass is 367 g/mol. The van der Waals surface area contributed by atoms with E-state index in [2.05, 4.69) is 10.3 Å². The largest absolute Gasteiger partial charge is 0.338 e. The quantitative estimate of drug-likeness (QED) is 0.899. The van der Waals surface area contributed by atoms with Gasteiger partial charge in [-0.2, -0.15) is 0 Å². The van der Waals surface area contributed by atoms with Crippen LogP contribution in [0.25, 0.3) is 11.1 Å². The number of rotatable bonds is 3. The van der Waals surface area contributed by atoms with Gasteiger partial charge in [-0.25, -0.2) is 4.39 Å². The van der Waals surface area contributed by atoms with Gasteiger partial charge in [0.05, 0.1) is 5.56 Å². The zero-order valence-electron chi connectivity index (χ0n) is 15.5. The Kier molecular flexibility index (Phi) is 5.48. The molecule has 27 heavy (non-hydrogen) atoms. The van der Waals surface area contributed by atoms with Gasteiger partial charge in [-0.15, -0.1) is 0 Å². The number of nitrogens with one attached hydrogen (secondary N) is 1. The summed E-state index contributed by atoms with van der Waals surface area (Å²) in [6.07, 6.45) is 7.89. The number of hydrogen-bond donors (Lipinski definition) is 1. The van der Waals surface area contributed by atoms with Crippen molar-refractivity contribution in [2.45, 2.75) is 25.7 Å². The fraction of sp³-hybridized carbons (Fsp3) is 0.455. The molecular weight excluding hydrogens is 341 g/mol. The van der Waals surface area contributed by atoms with Crippen molar-refractivity contribution >= 4 is 5.91 Å². The van der Waals surface area contributed by atoms with Gasteiger partial charge in [-0.1, -0.05) is 18.2 Å². The number of hydrogen-bond acceptors (Lipinski definition) is 3. The number of pyridine rings is 1. The highest BCUT2D eigenvalue weighted by Gasteiger charge is 2.30. The van der Waals surface area contributed by atoms with Gasteiger partial charge < -0.3 is 10.2 Å². The van der Waals surface area contributed by atoms with E-state index in [-0.39, 0.29) is 11.7 Å². The summed E-state index contributed by atoms with van der Waals surface area (Å²) in [5.41, 5.74) is 1.67. The molecule has 2 fully saturated rings. The van der Waals surface area contributed by atoms with Crippen molar-refractivity contribution in [1.29, 1.82) is 0 Å². The van der Waals surface area contributed by atoms with Gasteiger partial charge >= 0.3 is 0 Å².